The number of hydrogen-bond acceptors (Lipinski definition) is 3. The summed E-state index contributed by atoms with van der Waals surface area (Å²) in [5.74, 6) is 0.697. The lowest BCUT2D eigenvalue weighted by atomic mass is 9.99. The molecule has 0 spiro atoms. The lowest BCUT2D eigenvalue weighted by Gasteiger charge is -2.17. The Hall–Kier alpha value is -0.910. The first kappa shape index (κ1) is 17.1. The topological polar surface area (TPSA) is 66.4 Å². The maximum atomic E-state index is 12.4. The predicted molar refractivity (Wildman–Crippen MR) is 80.9 cm³/mol. The molecule has 0 aliphatic heterocycles. The van der Waals surface area contributed by atoms with Crippen LogP contribution in [0.4, 0.5) is 0 Å². The van der Waals surface area contributed by atoms with Crippen molar-refractivity contribution in [3.63, 3.8) is 0 Å². The van der Waals surface area contributed by atoms with Crippen molar-refractivity contribution in [2.75, 3.05) is 6.54 Å². The van der Waals surface area contributed by atoms with E-state index >= 15 is 0 Å². The summed E-state index contributed by atoms with van der Waals surface area (Å²) in [7, 11) is -3.53. The number of benzene rings is 1. The first-order valence-electron chi connectivity index (χ1n) is 7.04. The lowest BCUT2D eigenvalue weighted by molar-refractivity contribution is 0.281. The van der Waals surface area contributed by atoms with E-state index in [0.29, 0.717) is 24.4 Å². The van der Waals surface area contributed by atoms with Crippen molar-refractivity contribution in [1.29, 1.82) is 0 Å². The summed E-state index contributed by atoms with van der Waals surface area (Å²) in [6, 6.07) is 5.09. The summed E-state index contributed by atoms with van der Waals surface area (Å²) in [4.78, 5) is 0.280. The normalized spacial score (nSPS) is 13.7. The van der Waals surface area contributed by atoms with Crippen LogP contribution in [-0.2, 0) is 23.1 Å². The summed E-state index contributed by atoms with van der Waals surface area (Å²) >= 11 is 0. The van der Waals surface area contributed by atoms with Gasteiger partial charge in [-0.1, -0.05) is 39.8 Å². The van der Waals surface area contributed by atoms with Crippen molar-refractivity contribution in [1.82, 2.24) is 4.72 Å². The summed E-state index contributed by atoms with van der Waals surface area (Å²) in [6.07, 6.45) is 0.641. The van der Waals surface area contributed by atoms with Crippen LogP contribution in [0.25, 0.3) is 0 Å². The number of nitrogens with one attached hydrogen (secondary N) is 1. The predicted octanol–water partition coefficient (Wildman–Crippen LogP) is 2.31. The zero-order valence-corrected chi connectivity index (χ0v) is 13.5. The van der Waals surface area contributed by atoms with Crippen LogP contribution in [0, 0.1) is 11.8 Å². The molecule has 1 rings (SSSR count). The average molecular weight is 299 g/mol. The molecule has 0 aromatic heterocycles. The van der Waals surface area contributed by atoms with Crippen LogP contribution in [0.5, 0.6) is 0 Å². The summed E-state index contributed by atoms with van der Waals surface area (Å²) in [5.41, 5.74) is 1.38. The Morgan fingerprint density at radius 2 is 1.90 bits per heavy atom. The third-order valence-corrected chi connectivity index (χ3v) is 5.22. The van der Waals surface area contributed by atoms with Gasteiger partial charge in [-0.05, 0) is 35.4 Å². The monoisotopic (exact) mass is 299 g/mol. The molecular formula is C15H25NO3S. The van der Waals surface area contributed by atoms with E-state index in [9.17, 15) is 8.42 Å². The first-order valence-corrected chi connectivity index (χ1v) is 8.52. The quantitative estimate of drug-likeness (QED) is 0.812. The maximum absolute atomic E-state index is 12.4. The first-order chi connectivity index (χ1) is 9.31. The molecule has 5 heteroatoms. The van der Waals surface area contributed by atoms with Crippen molar-refractivity contribution in [3.05, 3.63) is 29.3 Å². The van der Waals surface area contributed by atoms with E-state index in [0.717, 1.165) is 5.56 Å². The number of aliphatic hydroxyl groups excluding tert-OH is 1. The maximum Gasteiger partial charge on any atom is 0.240 e. The molecule has 1 unspecified atom stereocenters. The summed E-state index contributed by atoms with van der Waals surface area (Å²) in [5, 5.41) is 9.17. The Labute approximate surface area is 122 Å². The molecule has 1 aromatic rings. The second kappa shape index (κ2) is 7.20. The van der Waals surface area contributed by atoms with Gasteiger partial charge >= 0.3 is 0 Å². The SMILES string of the molecule is CCc1ccc(CO)cc1S(=O)(=O)NCC(C)C(C)C. The van der Waals surface area contributed by atoms with Crippen LogP contribution >= 0.6 is 0 Å². The Balaban J connectivity index is 3.02. The second-order valence-electron chi connectivity index (χ2n) is 5.53. The lowest BCUT2D eigenvalue weighted by Crippen LogP contribution is -2.31. The number of rotatable bonds is 7. The van der Waals surface area contributed by atoms with Gasteiger partial charge in [-0.25, -0.2) is 13.1 Å². The number of sulfonamides is 1. The van der Waals surface area contributed by atoms with Crippen LogP contribution in [0.1, 0.15) is 38.8 Å². The van der Waals surface area contributed by atoms with Crippen LogP contribution < -0.4 is 4.72 Å². The van der Waals surface area contributed by atoms with Crippen LogP contribution in [0.15, 0.2) is 23.1 Å². The van der Waals surface area contributed by atoms with Crippen LogP contribution in [0.3, 0.4) is 0 Å². The number of aliphatic hydroxyl groups is 1. The van der Waals surface area contributed by atoms with E-state index in [1.54, 1.807) is 18.2 Å². The molecule has 0 radical (unpaired) electrons. The van der Waals surface area contributed by atoms with Crippen LogP contribution in [0.2, 0.25) is 0 Å². The summed E-state index contributed by atoms with van der Waals surface area (Å²) < 4.78 is 27.5. The highest BCUT2D eigenvalue weighted by molar-refractivity contribution is 7.89. The Morgan fingerprint density at radius 3 is 2.40 bits per heavy atom. The Kier molecular flexibility index (Phi) is 6.17. The highest BCUT2D eigenvalue weighted by atomic mass is 32.2. The van der Waals surface area contributed by atoms with E-state index in [1.165, 1.54) is 0 Å². The fraction of sp³-hybridized carbons (Fsp3) is 0.600. The van der Waals surface area contributed by atoms with Crippen molar-refractivity contribution >= 4 is 10.0 Å². The second-order valence-corrected chi connectivity index (χ2v) is 7.26. The molecule has 0 amide bonds. The van der Waals surface area contributed by atoms with E-state index in [-0.39, 0.29) is 17.4 Å². The van der Waals surface area contributed by atoms with Gasteiger partial charge in [0.25, 0.3) is 0 Å². The number of hydrogen-bond donors (Lipinski definition) is 2. The van der Waals surface area contributed by atoms with Crippen LogP contribution in [-0.4, -0.2) is 20.1 Å². The van der Waals surface area contributed by atoms with Gasteiger partial charge in [0.15, 0.2) is 0 Å². The fourth-order valence-electron chi connectivity index (χ4n) is 1.79. The van der Waals surface area contributed by atoms with Crippen molar-refractivity contribution in [3.8, 4) is 0 Å². The van der Waals surface area contributed by atoms with Gasteiger partial charge in [0, 0.05) is 6.54 Å². The molecule has 20 heavy (non-hydrogen) atoms. The third-order valence-electron chi connectivity index (χ3n) is 3.72. The molecule has 0 aliphatic rings. The minimum absolute atomic E-state index is 0.158. The van der Waals surface area contributed by atoms with Gasteiger partial charge < -0.3 is 5.11 Å². The summed E-state index contributed by atoms with van der Waals surface area (Å²) in [6.45, 7) is 8.36. The highest BCUT2D eigenvalue weighted by Gasteiger charge is 2.19. The van der Waals surface area contributed by atoms with E-state index in [2.05, 4.69) is 18.6 Å². The molecule has 0 fully saturated rings. The smallest absolute Gasteiger partial charge is 0.240 e. The molecule has 114 valence electrons. The van der Waals surface area contributed by atoms with Crippen molar-refractivity contribution in [2.24, 2.45) is 11.8 Å². The van der Waals surface area contributed by atoms with Crippen molar-refractivity contribution < 1.29 is 13.5 Å². The Bertz CT molecular complexity index is 538. The highest BCUT2D eigenvalue weighted by Crippen LogP contribution is 2.19. The van der Waals surface area contributed by atoms with Gasteiger partial charge in [0.2, 0.25) is 10.0 Å². The third kappa shape index (κ3) is 4.30. The molecular weight excluding hydrogens is 274 g/mol. The van der Waals surface area contributed by atoms with Gasteiger partial charge in [-0.3, -0.25) is 0 Å². The molecule has 0 saturated carbocycles. The molecule has 4 nitrogen and oxygen atoms in total. The van der Waals surface area contributed by atoms with Gasteiger partial charge in [0.05, 0.1) is 11.5 Å². The molecule has 0 aliphatic carbocycles. The minimum Gasteiger partial charge on any atom is -0.392 e. The van der Waals surface area contributed by atoms with E-state index in [4.69, 9.17) is 5.11 Å². The zero-order valence-electron chi connectivity index (χ0n) is 12.7. The molecule has 1 atom stereocenters. The van der Waals surface area contributed by atoms with Gasteiger partial charge in [-0.15, -0.1) is 0 Å². The molecule has 0 saturated heterocycles. The molecule has 0 bridgehead atoms. The Morgan fingerprint density at radius 1 is 1.25 bits per heavy atom. The fourth-order valence-corrected chi connectivity index (χ4v) is 3.30. The van der Waals surface area contributed by atoms with Crippen molar-refractivity contribution in [2.45, 2.75) is 45.6 Å². The molecule has 2 N–H and O–H groups in total. The standard InChI is InChI=1S/C15H25NO3S/c1-5-14-7-6-13(10-17)8-15(14)20(18,19)16-9-12(4)11(2)3/h6-8,11-12,16-17H,5,9-10H2,1-4H3. The van der Waals surface area contributed by atoms with E-state index < -0.39 is 10.0 Å². The molecule has 1 aromatic carbocycles. The van der Waals surface area contributed by atoms with Gasteiger partial charge in [0.1, 0.15) is 0 Å². The molecule has 0 heterocycles. The minimum atomic E-state index is -3.53. The number of aryl methyl sites for hydroxylation is 1. The van der Waals surface area contributed by atoms with E-state index in [1.807, 2.05) is 13.8 Å². The average Bonchev–Trinajstić information content (AvgIpc) is 2.43. The largest absolute Gasteiger partial charge is 0.392 e. The van der Waals surface area contributed by atoms with Gasteiger partial charge in [-0.2, -0.15) is 0 Å². The zero-order chi connectivity index (χ0) is 15.3.